The summed E-state index contributed by atoms with van der Waals surface area (Å²) in [7, 11) is 0. The fraction of sp³-hybridized carbons (Fsp3) is 0.533. The van der Waals surface area contributed by atoms with E-state index in [-0.39, 0.29) is 17.9 Å². The molecule has 0 N–H and O–H groups in total. The van der Waals surface area contributed by atoms with Crippen LogP contribution >= 0.6 is 11.3 Å². The summed E-state index contributed by atoms with van der Waals surface area (Å²) in [6, 6.07) is 0.0722. The van der Waals surface area contributed by atoms with Gasteiger partial charge in [-0.1, -0.05) is 13.8 Å². The van der Waals surface area contributed by atoms with E-state index in [9.17, 15) is 4.79 Å². The van der Waals surface area contributed by atoms with Crippen molar-refractivity contribution in [3.05, 3.63) is 34.4 Å². The smallest absolute Gasteiger partial charge is 0.276 e. The highest BCUT2D eigenvalue weighted by molar-refractivity contribution is 7.09. The van der Waals surface area contributed by atoms with Gasteiger partial charge in [0.15, 0.2) is 12.1 Å². The van der Waals surface area contributed by atoms with Crippen molar-refractivity contribution in [1.29, 1.82) is 0 Å². The Hall–Kier alpha value is -1.69. The Labute approximate surface area is 128 Å². The molecule has 0 radical (unpaired) electrons. The van der Waals surface area contributed by atoms with Gasteiger partial charge < -0.3 is 9.32 Å². The molecule has 0 aliphatic carbocycles. The molecule has 112 valence electrons. The van der Waals surface area contributed by atoms with E-state index in [1.54, 1.807) is 17.5 Å². The molecule has 1 aliphatic heterocycles. The fourth-order valence-electron chi connectivity index (χ4n) is 2.79. The van der Waals surface area contributed by atoms with Gasteiger partial charge in [-0.25, -0.2) is 9.97 Å². The predicted octanol–water partition coefficient (Wildman–Crippen LogP) is 3.62. The minimum Gasteiger partial charge on any atom is -0.447 e. The van der Waals surface area contributed by atoms with Crippen LogP contribution in [0.3, 0.4) is 0 Å². The molecule has 2 aromatic rings. The van der Waals surface area contributed by atoms with Crippen molar-refractivity contribution in [3.8, 4) is 0 Å². The number of oxazole rings is 1. The predicted molar refractivity (Wildman–Crippen MR) is 80.3 cm³/mol. The number of thiazole rings is 1. The van der Waals surface area contributed by atoms with Crippen LogP contribution in [-0.2, 0) is 0 Å². The quantitative estimate of drug-likeness (QED) is 0.869. The van der Waals surface area contributed by atoms with Gasteiger partial charge in [0.25, 0.3) is 5.91 Å². The lowest BCUT2D eigenvalue weighted by atomic mass is 10.0. The van der Waals surface area contributed by atoms with Crippen LogP contribution in [0.5, 0.6) is 0 Å². The lowest BCUT2D eigenvalue weighted by Crippen LogP contribution is -2.39. The summed E-state index contributed by atoms with van der Waals surface area (Å²) in [6.45, 7) is 4.77. The third-order valence-electron chi connectivity index (χ3n) is 3.82. The maximum Gasteiger partial charge on any atom is 0.276 e. The van der Waals surface area contributed by atoms with Crippen molar-refractivity contribution >= 4 is 17.2 Å². The maximum atomic E-state index is 12.9. The minimum absolute atomic E-state index is 0.0349. The first kappa shape index (κ1) is 14.3. The molecule has 1 amide bonds. The zero-order valence-corrected chi connectivity index (χ0v) is 13.1. The van der Waals surface area contributed by atoms with Gasteiger partial charge in [0, 0.05) is 24.0 Å². The average molecular weight is 305 g/mol. The topological polar surface area (TPSA) is 59.2 Å². The van der Waals surface area contributed by atoms with Gasteiger partial charge in [0.05, 0.1) is 6.04 Å². The lowest BCUT2D eigenvalue weighted by molar-refractivity contribution is 0.0603. The van der Waals surface area contributed by atoms with Gasteiger partial charge in [-0.3, -0.25) is 4.79 Å². The summed E-state index contributed by atoms with van der Waals surface area (Å²) in [4.78, 5) is 23.3. The molecule has 1 fully saturated rings. The maximum absolute atomic E-state index is 12.9. The van der Waals surface area contributed by atoms with Crippen molar-refractivity contribution in [3.63, 3.8) is 0 Å². The second-order valence-electron chi connectivity index (χ2n) is 5.60. The van der Waals surface area contributed by atoms with Crippen LogP contribution < -0.4 is 0 Å². The number of carbonyl (C=O) groups excluding carboxylic acids is 1. The molecule has 1 aliphatic rings. The molecular formula is C15H19N3O2S. The monoisotopic (exact) mass is 305 g/mol. The summed E-state index contributed by atoms with van der Waals surface area (Å²) in [6.07, 6.45) is 6.29. The van der Waals surface area contributed by atoms with E-state index in [4.69, 9.17) is 4.42 Å². The zero-order valence-electron chi connectivity index (χ0n) is 12.3. The summed E-state index contributed by atoms with van der Waals surface area (Å²) < 4.78 is 5.39. The number of amides is 1. The molecular weight excluding hydrogens is 286 g/mol. The summed E-state index contributed by atoms with van der Waals surface area (Å²) in [5.74, 6) is 0.783. The largest absolute Gasteiger partial charge is 0.447 e. The van der Waals surface area contributed by atoms with Crippen molar-refractivity contribution in [2.45, 2.75) is 45.1 Å². The van der Waals surface area contributed by atoms with E-state index in [0.717, 1.165) is 30.8 Å². The minimum atomic E-state index is -0.0349. The van der Waals surface area contributed by atoms with Crippen LogP contribution in [0.1, 0.15) is 66.3 Å². The Morgan fingerprint density at radius 2 is 2.29 bits per heavy atom. The number of aromatic nitrogens is 2. The van der Waals surface area contributed by atoms with Crippen molar-refractivity contribution in [1.82, 2.24) is 14.9 Å². The van der Waals surface area contributed by atoms with Gasteiger partial charge >= 0.3 is 0 Å². The fourth-order valence-corrected chi connectivity index (χ4v) is 3.58. The Morgan fingerprint density at radius 3 is 3.00 bits per heavy atom. The van der Waals surface area contributed by atoms with Crippen LogP contribution in [0.4, 0.5) is 0 Å². The standard InChI is InChI=1S/C15H19N3O2S/c1-10(2)13-12(17-9-20-13)15(19)18-7-4-3-5-11(18)14-16-6-8-21-14/h6,8-11H,3-5,7H2,1-2H3. The Kier molecular flexibility index (Phi) is 4.05. The van der Waals surface area contributed by atoms with Crippen LogP contribution in [0.15, 0.2) is 22.4 Å². The third-order valence-corrected chi connectivity index (χ3v) is 4.70. The number of hydrogen-bond acceptors (Lipinski definition) is 5. The molecule has 1 atom stereocenters. The number of carbonyl (C=O) groups is 1. The average Bonchev–Trinajstić information content (AvgIpc) is 3.17. The highest BCUT2D eigenvalue weighted by Crippen LogP contribution is 2.33. The van der Waals surface area contributed by atoms with E-state index < -0.39 is 0 Å². The van der Waals surface area contributed by atoms with Crippen LogP contribution in [0, 0.1) is 0 Å². The van der Waals surface area contributed by atoms with E-state index in [1.807, 2.05) is 24.1 Å². The number of likely N-dealkylation sites (tertiary alicyclic amines) is 1. The molecule has 0 saturated carbocycles. The van der Waals surface area contributed by atoms with Crippen LogP contribution in [-0.4, -0.2) is 27.3 Å². The van der Waals surface area contributed by atoms with Crippen LogP contribution in [0.2, 0.25) is 0 Å². The van der Waals surface area contributed by atoms with E-state index in [0.29, 0.717) is 11.5 Å². The van der Waals surface area contributed by atoms with Gasteiger partial charge in [-0.15, -0.1) is 11.3 Å². The molecule has 5 nitrogen and oxygen atoms in total. The highest BCUT2D eigenvalue weighted by atomic mass is 32.1. The molecule has 0 spiro atoms. The second kappa shape index (κ2) is 5.97. The molecule has 0 bridgehead atoms. The SMILES string of the molecule is CC(C)c1ocnc1C(=O)N1CCCCC1c1nccs1. The molecule has 0 aromatic carbocycles. The van der Waals surface area contributed by atoms with E-state index in [1.165, 1.54) is 6.39 Å². The summed E-state index contributed by atoms with van der Waals surface area (Å²) in [5.41, 5.74) is 0.452. The zero-order chi connectivity index (χ0) is 14.8. The third kappa shape index (κ3) is 2.72. The number of piperidine rings is 1. The lowest BCUT2D eigenvalue weighted by Gasteiger charge is -2.34. The number of nitrogens with zero attached hydrogens (tertiary/aromatic N) is 3. The number of rotatable bonds is 3. The van der Waals surface area contributed by atoms with Crippen molar-refractivity contribution < 1.29 is 9.21 Å². The van der Waals surface area contributed by atoms with Crippen molar-refractivity contribution in [2.24, 2.45) is 0 Å². The summed E-state index contributed by atoms with van der Waals surface area (Å²) >= 11 is 1.61. The first-order chi connectivity index (χ1) is 10.2. The van der Waals surface area contributed by atoms with Gasteiger partial charge in [0.1, 0.15) is 10.8 Å². The van der Waals surface area contributed by atoms with Crippen LogP contribution in [0.25, 0.3) is 0 Å². The molecule has 21 heavy (non-hydrogen) atoms. The summed E-state index contributed by atoms with van der Waals surface area (Å²) in [5, 5.41) is 2.97. The number of hydrogen-bond donors (Lipinski definition) is 0. The molecule has 2 aromatic heterocycles. The molecule has 1 unspecified atom stereocenters. The molecule has 6 heteroatoms. The molecule has 3 heterocycles. The Morgan fingerprint density at radius 1 is 1.43 bits per heavy atom. The Bertz CT molecular complexity index is 606. The first-order valence-electron chi connectivity index (χ1n) is 7.32. The van der Waals surface area contributed by atoms with Gasteiger partial charge in [-0.2, -0.15) is 0 Å². The highest BCUT2D eigenvalue weighted by Gasteiger charge is 2.33. The molecule has 3 rings (SSSR count). The first-order valence-corrected chi connectivity index (χ1v) is 8.20. The normalized spacial score (nSPS) is 19.2. The second-order valence-corrected chi connectivity index (χ2v) is 6.53. The van der Waals surface area contributed by atoms with E-state index >= 15 is 0 Å². The van der Waals surface area contributed by atoms with Crippen molar-refractivity contribution in [2.75, 3.05) is 6.54 Å². The Balaban J connectivity index is 1.89. The molecule has 1 saturated heterocycles. The van der Waals surface area contributed by atoms with Gasteiger partial charge in [0.2, 0.25) is 0 Å². The van der Waals surface area contributed by atoms with E-state index in [2.05, 4.69) is 9.97 Å². The van der Waals surface area contributed by atoms with Gasteiger partial charge in [-0.05, 0) is 19.3 Å².